The zero-order valence-electron chi connectivity index (χ0n) is 21.3. The van der Waals surface area contributed by atoms with Gasteiger partial charge in [-0.25, -0.2) is 22.4 Å². The van der Waals surface area contributed by atoms with Gasteiger partial charge < -0.3 is 4.74 Å². The van der Waals surface area contributed by atoms with Crippen LogP contribution in [0.25, 0.3) is 11.1 Å². The first-order chi connectivity index (χ1) is 17.8. The lowest BCUT2D eigenvalue weighted by molar-refractivity contribution is 0.0188. The molecule has 0 amide bonds. The van der Waals surface area contributed by atoms with Gasteiger partial charge >= 0.3 is 5.97 Å². The summed E-state index contributed by atoms with van der Waals surface area (Å²) in [7, 11) is 0. The quantitative estimate of drug-likeness (QED) is 0.223. The number of hydrogen-bond donors (Lipinski definition) is 0. The maximum atomic E-state index is 14.8. The van der Waals surface area contributed by atoms with Gasteiger partial charge in [0.1, 0.15) is 6.10 Å². The average Bonchev–Trinajstić information content (AvgIpc) is 2.91. The molecule has 1 aliphatic rings. The molecule has 0 aliphatic heterocycles. The molecule has 0 radical (unpaired) electrons. The molecule has 3 aromatic rings. The van der Waals surface area contributed by atoms with E-state index in [4.69, 9.17) is 4.74 Å². The van der Waals surface area contributed by atoms with Crippen molar-refractivity contribution in [1.82, 2.24) is 0 Å². The molecule has 3 aromatic carbocycles. The summed E-state index contributed by atoms with van der Waals surface area (Å²) in [6.45, 7) is 4.01. The Morgan fingerprint density at radius 2 is 1.51 bits per heavy atom. The number of unbranched alkanes of at least 4 members (excludes halogenated alkanes) is 1. The zero-order valence-corrected chi connectivity index (χ0v) is 21.3. The molecule has 0 aromatic heterocycles. The van der Waals surface area contributed by atoms with Crippen LogP contribution in [-0.2, 0) is 17.6 Å². The van der Waals surface area contributed by atoms with E-state index in [1.807, 2.05) is 26.0 Å². The second-order valence-electron chi connectivity index (χ2n) is 9.76. The van der Waals surface area contributed by atoms with Gasteiger partial charge in [0.15, 0.2) is 23.3 Å². The van der Waals surface area contributed by atoms with Crippen LogP contribution in [0.15, 0.2) is 48.5 Å². The van der Waals surface area contributed by atoms with Crippen LogP contribution in [0, 0.1) is 23.3 Å². The van der Waals surface area contributed by atoms with E-state index in [9.17, 15) is 22.4 Å². The number of aryl methyl sites for hydroxylation is 2. The Balaban J connectivity index is 1.39. The normalized spacial score (nSPS) is 17.6. The highest BCUT2D eigenvalue weighted by atomic mass is 19.2. The molecule has 0 unspecified atom stereocenters. The Morgan fingerprint density at radius 1 is 0.811 bits per heavy atom. The van der Waals surface area contributed by atoms with Gasteiger partial charge in [0.05, 0.1) is 5.56 Å². The van der Waals surface area contributed by atoms with Gasteiger partial charge in [-0.05, 0) is 79.2 Å². The second kappa shape index (κ2) is 11.9. The Morgan fingerprint density at radius 3 is 2.16 bits per heavy atom. The van der Waals surface area contributed by atoms with Crippen molar-refractivity contribution in [2.45, 2.75) is 77.2 Å². The first-order valence-electron chi connectivity index (χ1n) is 13.1. The molecule has 1 saturated carbocycles. The number of hydrogen-bond acceptors (Lipinski definition) is 2. The molecule has 2 nitrogen and oxygen atoms in total. The van der Waals surface area contributed by atoms with Crippen molar-refractivity contribution >= 4 is 5.97 Å². The van der Waals surface area contributed by atoms with Crippen molar-refractivity contribution < 1.29 is 27.1 Å². The lowest BCUT2D eigenvalue weighted by atomic mass is 9.82. The molecule has 0 heterocycles. The highest BCUT2D eigenvalue weighted by Gasteiger charge is 2.29. The van der Waals surface area contributed by atoms with Gasteiger partial charge in [0, 0.05) is 5.56 Å². The summed E-state index contributed by atoms with van der Waals surface area (Å²) in [5, 5.41) is 0. The molecule has 0 spiro atoms. The van der Waals surface area contributed by atoms with Gasteiger partial charge in [0.25, 0.3) is 0 Å². The van der Waals surface area contributed by atoms with Crippen molar-refractivity contribution in [3.8, 4) is 11.1 Å². The van der Waals surface area contributed by atoms with E-state index in [1.165, 1.54) is 12.1 Å². The highest BCUT2D eigenvalue weighted by Crippen LogP contribution is 2.37. The van der Waals surface area contributed by atoms with Crippen molar-refractivity contribution in [3.63, 3.8) is 0 Å². The van der Waals surface area contributed by atoms with Crippen LogP contribution in [0.2, 0.25) is 0 Å². The molecule has 0 bridgehead atoms. The summed E-state index contributed by atoms with van der Waals surface area (Å²) in [4.78, 5) is 12.7. The first-order valence-corrected chi connectivity index (χ1v) is 13.1. The lowest BCUT2D eigenvalue weighted by Gasteiger charge is -2.29. The Bertz CT molecular complexity index is 1250. The highest BCUT2D eigenvalue weighted by molar-refractivity contribution is 5.90. The molecule has 0 N–H and O–H groups in total. The van der Waals surface area contributed by atoms with E-state index in [1.54, 1.807) is 24.3 Å². The molecule has 37 heavy (non-hydrogen) atoms. The topological polar surface area (TPSA) is 26.3 Å². The smallest absolute Gasteiger partial charge is 0.341 e. The fourth-order valence-electron chi connectivity index (χ4n) is 5.04. The number of carbonyl (C=O) groups is 1. The zero-order chi connectivity index (χ0) is 26.5. The minimum atomic E-state index is -1.24. The minimum absolute atomic E-state index is 0.0761. The summed E-state index contributed by atoms with van der Waals surface area (Å²) >= 11 is 0. The molecular weight excluding hydrogens is 480 g/mol. The van der Waals surface area contributed by atoms with Gasteiger partial charge in [-0.2, -0.15) is 0 Å². The third-order valence-corrected chi connectivity index (χ3v) is 7.35. The summed E-state index contributed by atoms with van der Waals surface area (Å²) in [6, 6.07) is 13.1. The monoisotopic (exact) mass is 512 g/mol. The predicted octanol–water partition coefficient (Wildman–Crippen LogP) is 8.70. The van der Waals surface area contributed by atoms with E-state index >= 15 is 0 Å². The van der Waals surface area contributed by atoms with Gasteiger partial charge in [0.2, 0.25) is 0 Å². The van der Waals surface area contributed by atoms with E-state index < -0.39 is 40.9 Å². The van der Waals surface area contributed by atoms with E-state index in [2.05, 4.69) is 0 Å². The molecule has 4 rings (SSSR count). The molecule has 1 aliphatic carbocycles. The van der Waals surface area contributed by atoms with Crippen molar-refractivity contribution in [2.75, 3.05) is 0 Å². The van der Waals surface area contributed by atoms with Crippen LogP contribution in [0.5, 0.6) is 0 Å². The van der Waals surface area contributed by atoms with Crippen molar-refractivity contribution in [2.24, 2.45) is 0 Å². The molecular formula is C31H32F4O2. The number of carbonyl (C=O) groups excluding carboxylic acids is 1. The van der Waals surface area contributed by atoms with Gasteiger partial charge in [-0.1, -0.05) is 62.7 Å². The molecule has 0 saturated heterocycles. The SMILES string of the molecule is CCCCc1ccc(C2CCC(OC(=O)c3ccc(-c4ccc(CC)cc4)c(F)c3F)CC2)c(F)c1F. The third kappa shape index (κ3) is 5.89. The number of rotatable bonds is 8. The fourth-order valence-corrected chi connectivity index (χ4v) is 5.04. The average molecular weight is 513 g/mol. The number of halogens is 4. The molecule has 1 fully saturated rings. The van der Waals surface area contributed by atoms with Crippen LogP contribution in [0.1, 0.15) is 85.3 Å². The van der Waals surface area contributed by atoms with Gasteiger partial charge in [-0.15, -0.1) is 0 Å². The minimum Gasteiger partial charge on any atom is -0.459 e. The maximum Gasteiger partial charge on any atom is 0.341 e. The van der Waals surface area contributed by atoms with Crippen molar-refractivity contribution in [1.29, 1.82) is 0 Å². The number of esters is 1. The van der Waals surface area contributed by atoms with Crippen LogP contribution < -0.4 is 0 Å². The number of benzene rings is 3. The lowest BCUT2D eigenvalue weighted by Crippen LogP contribution is -2.25. The third-order valence-electron chi connectivity index (χ3n) is 7.35. The maximum absolute atomic E-state index is 14.8. The Kier molecular flexibility index (Phi) is 8.67. The van der Waals surface area contributed by atoms with Crippen LogP contribution in [0.4, 0.5) is 17.6 Å². The molecule has 0 atom stereocenters. The van der Waals surface area contributed by atoms with Crippen LogP contribution >= 0.6 is 0 Å². The summed E-state index contributed by atoms with van der Waals surface area (Å²) in [6.07, 6.45) is 4.42. The Hall–Kier alpha value is -3.15. The van der Waals surface area contributed by atoms with Crippen LogP contribution in [-0.4, -0.2) is 12.1 Å². The summed E-state index contributed by atoms with van der Waals surface area (Å²) in [5.74, 6) is -5.01. The Labute approximate surface area is 215 Å². The van der Waals surface area contributed by atoms with E-state index in [0.717, 1.165) is 24.8 Å². The van der Waals surface area contributed by atoms with E-state index in [-0.39, 0.29) is 11.5 Å². The molecule has 6 heteroatoms. The largest absolute Gasteiger partial charge is 0.459 e. The fraction of sp³-hybridized carbons (Fsp3) is 0.387. The molecule has 196 valence electrons. The van der Waals surface area contributed by atoms with Crippen molar-refractivity contribution in [3.05, 3.63) is 94.1 Å². The standard InChI is InChI=1S/C31H32F4O2/c1-3-5-6-22-13-16-24(28(33)27(22)32)21-11-14-23(15-12-21)37-31(36)26-18-17-25(29(34)30(26)35)20-9-7-19(4-2)8-10-20/h7-10,13,16-18,21,23H,3-6,11-12,14-15H2,1-2H3. The first kappa shape index (κ1) is 26.9. The van der Waals surface area contributed by atoms with Gasteiger partial charge in [-0.3, -0.25) is 0 Å². The van der Waals surface area contributed by atoms with E-state index in [0.29, 0.717) is 48.8 Å². The summed E-state index contributed by atoms with van der Waals surface area (Å²) < 4.78 is 64.4. The predicted molar refractivity (Wildman–Crippen MR) is 137 cm³/mol. The van der Waals surface area contributed by atoms with Crippen LogP contribution in [0.3, 0.4) is 0 Å². The number of ether oxygens (including phenoxy) is 1. The summed E-state index contributed by atoms with van der Waals surface area (Å²) in [5.41, 5.74) is 1.96. The second-order valence-corrected chi connectivity index (χ2v) is 9.76.